The number of hydrogen-bond acceptors (Lipinski definition) is 7. The third-order valence-electron chi connectivity index (χ3n) is 15.0. The smallest absolute Gasteiger partial charge is 0.321 e. The van der Waals surface area contributed by atoms with Crippen LogP contribution in [0.3, 0.4) is 0 Å². The van der Waals surface area contributed by atoms with E-state index in [0.29, 0.717) is 38.0 Å². The van der Waals surface area contributed by atoms with Gasteiger partial charge in [-0.2, -0.15) is 0 Å². The van der Waals surface area contributed by atoms with Crippen molar-refractivity contribution in [3.63, 3.8) is 0 Å². The van der Waals surface area contributed by atoms with E-state index in [-0.39, 0.29) is 5.54 Å². The molecule has 0 heterocycles. The highest BCUT2D eigenvalue weighted by Crippen LogP contribution is 2.26. The molecule has 0 aliphatic carbocycles. The zero-order valence-corrected chi connectivity index (χ0v) is 50.4. The highest BCUT2D eigenvalue weighted by Gasteiger charge is 2.30. The number of thioether (sulfide) groups is 1. The lowest BCUT2D eigenvalue weighted by atomic mass is 9.87. The fourth-order valence-electron chi connectivity index (χ4n) is 9.98. The normalized spacial score (nSPS) is 12.4. The van der Waals surface area contributed by atoms with Crippen LogP contribution in [-0.4, -0.2) is 72.4 Å². The lowest BCUT2D eigenvalue weighted by Crippen LogP contribution is -2.49. The zero-order chi connectivity index (χ0) is 50.8. The Morgan fingerprint density at radius 1 is 0.386 bits per heavy atom. The molecule has 0 aliphatic rings. The predicted molar refractivity (Wildman–Crippen MR) is 314 cm³/mol. The molecule has 0 spiro atoms. The zero-order valence-electron chi connectivity index (χ0n) is 48.4. The fraction of sp³-hybridized carbons (Fsp3) is 0.984. The molecule has 70 heavy (non-hydrogen) atoms. The van der Waals surface area contributed by atoms with E-state index in [2.05, 4.69) is 40.1 Å². The van der Waals surface area contributed by atoms with Gasteiger partial charge in [0.05, 0.1) is 33.0 Å². The maximum atomic E-state index is 12.7. The van der Waals surface area contributed by atoms with Crippen LogP contribution in [-0.2, 0) is 23.1 Å². The molecule has 1 unspecified atom stereocenters. The van der Waals surface area contributed by atoms with Crippen LogP contribution in [0.4, 0.5) is 0 Å². The number of carbonyl (C=O) groups is 1. The molecular weight excluding hydrogens is 899 g/mol. The van der Waals surface area contributed by atoms with Crippen LogP contribution < -0.4 is 5.32 Å². The van der Waals surface area contributed by atoms with Gasteiger partial charge in [-0.05, 0) is 45.2 Å². The summed E-state index contributed by atoms with van der Waals surface area (Å²) in [5, 5.41) is 4.21. The van der Waals surface area contributed by atoms with E-state index in [1.165, 1.54) is 281 Å². The van der Waals surface area contributed by atoms with Crippen LogP contribution in [0.2, 0.25) is 6.04 Å². The summed E-state index contributed by atoms with van der Waals surface area (Å²) in [4.78, 5) is 12.7. The first-order valence-electron chi connectivity index (χ1n) is 31.8. The van der Waals surface area contributed by atoms with E-state index in [9.17, 15) is 4.79 Å². The van der Waals surface area contributed by atoms with Gasteiger partial charge in [-0.1, -0.05) is 303 Å². The number of likely N-dealkylation sites (N-methyl/N-ethyl adjacent to an activating group) is 1. The van der Waals surface area contributed by atoms with Crippen LogP contribution in [0, 0.1) is 0 Å². The summed E-state index contributed by atoms with van der Waals surface area (Å²) < 4.78 is 25.1. The first-order chi connectivity index (χ1) is 34.6. The second-order valence-electron chi connectivity index (χ2n) is 21.8. The SMILES string of the molecule is CCCCCCCCCCCCCCCCCCCCC(CCCCCCCCCCCCCCCCCCCC)(CO[SiH](CCCSC(=O)CCCCCCC)OCCOCCOCCCC)NC. The molecule has 0 aromatic rings. The van der Waals surface area contributed by atoms with Crippen LogP contribution in [0.25, 0.3) is 0 Å². The summed E-state index contributed by atoms with van der Waals surface area (Å²) in [6.07, 6.45) is 63.0. The van der Waals surface area contributed by atoms with Gasteiger partial charge in [0.15, 0.2) is 5.12 Å². The highest BCUT2D eigenvalue weighted by atomic mass is 32.2. The van der Waals surface area contributed by atoms with E-state index in [4.69, 9.17) is 18.3 Å². The topological polar surface area (TPSA) is 66.0 Å². The van der Waals surface area contributed by atoms with Gasteiger partial charge in [0.2, 0.25) is 0 Å². The molecule has 0 fully saturated rings. The Morgan fingerprint density at radius 3 is 1.09 bits per heavy atom. The summed E-state index contributed by atoms with van der Waals surface area (Å²) in [5.74, 6) is 0.866. The summed E-state index contributed by atoms with van der Waals surface area (Å²) >= 11 is 1.53. The van der Waals surface area contributed by atoms with Crippen molar-refractivity contribution >= 4 is 26.2 Å². The first-order valence-corrected chi connectivity index (χ1v) is 34.5. The van der Waals surface area contributed by atoms with Gasteiger partial charge in [0.1, 0.15) is 0 Å². The van der Waals surface area contributed by atoms with Crippen molar-refractivity contribution in [2.75, 3.05) is 52.4 Å². The van der Waals surface area contributed by atoms with Gasteiger partial charge in [0, 0.05) is 24.3 Å². The second kappa shape index (κ2) is 59.9. The summed E-state index contributed by atoms with van der Waals surface area (Å²) in [6, 6.07) is 0.940. The van der Waals surface area contributed by atoms with E-state index >= 15 is 0 Å². The molecule has 1 atom stereocenters. The molecule has 0 aliphatic heterocycles. The molecule has 420 valence electrons. The van der Waals surface area contributed by atoms with Crippen molar-refractivity contribution in [2.24, 2.45) is 0 Å². The summed E-state index contributed by atoms with van der Waals surface area (Å²) in [5.41, 5.74) is -0.00641. The third-order valence-corrected chi connectivity index (χ3v) is 18.0. The first kappa shape index (κ1) is 70.0. The third kappa shape index (κ3) is 52.9. The fourth-order valence-corrected chi connectivity index (χ4v) is 12.9. The van der Waals surface area contributed by atoms with Crippen LogP contribution >= 0.6 is 11.8 Å². The molecule has 0 aromatic heterocycles. The standard InChI is InChI=1S/C62H127NO5SSi/c1-6-10-14-17-19-21-23-25-27-29-31-33-35-37-39-41-44-47-51-62(63-5,52-48-45-42-40-38-36-34-32-30-28-26-24-22-20-18-15-11-7-2)60-68-70(67-57-56-66-55-54-65-53-13-9-4)59-49-58-69-61(64)50-46-43-16-12-8-3/h63,70H,6-60H2,1-5H3. The lowest BCUT2D eigenvalue weighted by molar-refractivity contribution is -0.111. The molecule has 8 heteroatoms. The van der Waals surface area contributed by atoms with Crippen molar-refractivity contribution in [1.29, 1.82) is 0 Å². The van der Waals surface area contributed by atoms with Gasteiger partial charge in [-0.15, -0.1) is 0 Å². The molecule has 0 saturated carbocycles. The van der Waals surface area contributed by atoms with Crippen molar-refractivity contribution in [3.8, 4) is 0 Å². The van der Waals surface area contributed by atoms with Gasteiger partial charge in [-0.25, -0.2) is 0 Å². The van der Waals surface area contributed by atoms with Gasteiger partial charge >= 0.3 is 9.28 Å². The number of carbonyl (C=O) groups excluding carboxylic acids is 1. The second-order valence-corrected chi connectivity index (χ2v) is 25.0. The number of rotatable bonds is 62. The minimum Gasteiger partial charge on any atom is -0.395 e. The minimum absolute atomic E-state index is 0.00641. The molecule has 0 amide bonds. The van der Waals surface area contributed by atoms with Crippen LogP contribution in [0.15, 0.2) is 0 Å². The molecule has 0 rings (SSSR count). The number of hydrogen-bond donors (Lipinski definition) is 1. The number of nitrogens with one attached hydrogen (secondary N) is 1. The van der Waals surface area contributed by atoms with Crippen molar-refractivity contribution in [2.45, 2.75) is 341 Å². The Kier molecular flexibility index (Phi) is 59.9. The van der Waals surface area contributed by atoms with Gasteiger partial charge < -0.3 is 23.6 Å². The number of ether oxygens (including phenoxy) is 2. The van der Waals surface area contributed by atoms with Gasteiger partial charge in [0.25, 0.3) is 0 Å². The van der Waals surface area contributed by atoms with E-state index in [0.717, 1.165) is 50.7 Å². The molecule has 0 bridgehead atoms. The molecular formula is C62H127NO5SSi. The Hall–Kier alpha value is 0.0369. The summed E-state index contributed by atoms with van der Waals surface area (Å²) in [6.45, 7) is 13.0. The minimum atomic E-state index is -1.96. The van der Waals surface area contributed by atoms with E-state index < -0.39 is 9.28 Å². The van der Waals surface area contributed by atoms with Gasteiger partial charge in [-0.3, -0.25) is 4.79 Å². The predicted octanol–water partition coefficient (Wildman–Crippen LogP) is 19.9. The molecule has 6 nitrogen and oxygen atoms in total. The van der Waals surface area contributed by atoms with E-state index in [1.807, 2.05) is 0 Å². The maximum Gasteiger partial charge on any atom is 0.321 e. The Morgan fingerprint density at radius 2 is 0.714 bits per heavy atom. The number of unbranched alkanes of at least 4 members (excludes halogenated alkanes) is 39. The molecule has 0 saturated heterocycles. The maximum absolute atomic E-state index is 12.7. The van der Waals surface area contributed by atoms with Crippen molar-refractivity contribution in [1.82, 2.24) is 5.32 Å². The Balaban J connectivity index is 4.96. The van der Waals surface area contributed by atoms with E-state index in [1.54, 1.807) is 0 Å². The molecule has 0 radical (unpaired) electrons. The average Bonchev–Trinajstić information content (AvgIpc) is 3.37. The Labute approximate surface area is 446 Å². The lowest BCUT2D eigenvalue weighted by Gasteiger charge is -2.35. The average molecular weight is 1030 g/mol. The molecule has 0 aromatic carbocycles. The monoisotopic (exact) mass is 1030 g/mol. The van der Waals surface area contributed by atoms with Crippen LogP contribution in [0.1, 0.15) is 329 Å². The quantitative estimate of drug-likeness (QED) is 0.0481. The van der Waals surface area contributed by atoms with Crippen molar-refractivity contribution in [3.05, 3.63) is 0 Å². The Bertz CT molecular complexity index is 952. The summed E-state index contributed by atoms with van der Waals surface area (Å²) in [7, 11) is 0.225. The highest BCUT2D eigenvalue weighted by molar-refractivity contribution is 8.13. The largest absolute Gasteiger partial charge is 0.395 e. The van der Waals surface area contributed by atoms with Crippen LogP contribution in [0.5, 0.6) is 0 Å². The van der Waals surface area contributed by atoms with Crippen molar-refractivity contribution < 1.29 is 23.1 Å². The molecule has 1 N–H and O–H groups in total.